The van der Waals surface area contributed by atoms with Crippen molar-refractivity contribution < 1.29 is 4.74 Å². The van der Waals surface area contributed by atoms with Crippen molar-refractivity contribution in [1.29, 1.82) is 5.26 Å². The highest BCUT2D eigenvalue weighted by Crippen LogP contribution is 2.27. The fourth-order valence-electron chi connectivity index (χ4n) is 1.65. The van der Waals surface area contributed by atoms with Crippen LogP contribution in [0.15, 0.2) is 36.4 Å². The summed E-state index contributed by atoms with van der Waals surface area (Å²) < 4.78 is 5.84. The minimum atomic E-state index is -0.155. The van der Waals surface area contributed by atoms with Gasteiger partial charge >= 0.3 is 0 Å². The molecule has 1 atom stereocenters. The third-order valence-corrected chi connectivity index (χ3v) is 3.63. The molecule has 3 nitrogen and oxygen atoms in total. The van der Waals surface area contributed by atoms with Crippen LogP contribution in [0.5, 0.6) is 5.75 Å². The molecule has 2 rings (SSSR count). The Balaban J connectivity index is 2.18. The third-order valence-electron chi connectivity index (χ3n) is 2.53. The maximum absolute atomic E-state index is 8.85. The van der Waals surface area contributed by atoms with E-state index in [2.05, 4.69) is 19.1 Å². The van der Waals surface area contributed by atoms with Crippen LogP contribution in [0.1, 0.15) is 21.4 Å². The van der Waals surface area contributed by atoms with E-state index >= 15 is 0 Å². The van der Waals surface area contributed by atoms with E-state index in [9.17, 15) is 0 Å². The van der Waals surface area contributed by atoms with Gasteiger partial charge in [0, 0.05) is 16.3 Å². The lowest BCUT2D eigenvalue weighted by molar-refractivity contribution is 0.218. The first kappa shape index (κ1) is 12.6. The second-order valence-corrected chi connectivity index (χ2v) is 5.25. The molecule has 4 heteroatoms. The van der Waals surface area contributed by atoms with Gasteiger partial charge in [0.2, 0.25) is 0 Å². The minimum Gasteiger partial charge on any atom is -0.484 e. The normalized spacial score (nSPS) is 11.8. The Morgan fingerprint density at radius 3 is 2.83 bits per heavy atom. The summed E-state index contributed by atoms with van der Waals surface area (Å²) in [5.41, 5.74) is 6.34. The zero-order chi connectivity index (χ0) is 13.0. The van der Waals surface area contributed by atoms with E-state index in [1.54, 1.807) is 29.5 Å². The number of aryl methyl sites for hydroxylation is 1. The Bertz CT molecular complexity index is 571. The summed E-state index contributed by atoms with van der Waals surface area (Å²) in [7, 11) is 0. The standard InChI is InChI=1S/C14H14N2OS/c1-10-5-6-14(18-10)13(9-16)17-12-4-2-3-11(7-12)8-15/h2-7,13H,9,16H2,1H3. The van der Waals surface area contributed by atoms with Gasteiger partial charge in [-0.15, -0.1) is 11.3 Å². The largest absolute Gasteiger partial charge is 0.484 e. The molecule has 18 heavy (non-hydrogen) atoms. The SMILES string of the molecule is Cc1ccc(C(CN)Oc2cccc(C#N)c2)s1. The Morgan fingerprint density at radius 2 is 2.22 bits per heavy atom. The number of nitrogens with two attached hydrogens (primary N) is 1. The first-order chi connectivity index (χ1) is 8.72. The molecule has 1 heterocycles. The molecule has 0 spiro atoms. The lowest BCUT2D eigenvalue weighted by atomic mass is 10.2. The van der Waals surface area contributed by atoms with E-state index in [4.69, 9.17) is 15.7 Å². The Hall–Kier alpha value is -1.83. The lowest BCUT2D eigenvalue weighted by Gasteiger charge is -2.16. The van der Waals surface area contributed by atoms with Crippen molar-refractivity contribution in [2.24, 2.45) is 5.73 Å². The van der Waals surface area contributed by atoms with Crippen LogP contribution in [0.2, 0.25) is 0 Å². The zero-order valence-electron chi connectivity index (χ0n) is 10.1. The molecule has 2 N–H and O–H groups in total. The summed E-state index contributed by atoms with van der Waals surface area (Å²) in [5, 5.41) is 8.85. The van der Waals surface area contributed by atoms with Crippen molar-refractivity contribution in [1.82, 2.24) is 0 Å². The van der Waals surface area contributed by atoms with Crippen molar-refractivity contribution in [3.8, 4) is 11.8 Å². The van der Waals surface area contributed by atoms with Crippen LogP contribution < -0.4 is 10.5 Å². The van der Waals surface area contributed by atoms with Crippen LogP contribution >= 0.6 is 11.3 Å². The van der Waals surface area contributed by atoms with E-state index < -0.39 is 0 Å². The van der Waals surface area contributed by atoms with Gasteiger partial charge in [-0.25, -0.2) is 0 Å². The second kappa shape index (κ2) is 5.67. The van der Waals surface area contributed by atoms with Crippen molar-refractivity contribution in [3.05, 3.63) is 51.7 Å². The van der Waals surface area contributed by atoms with Gasteiger partial charge in [0.05, 0.1) is 11.6 Å². The van der Waals surface area contributed by atoms with Crippen LogP contribution in [-0.2, 0) is 0 Å². The fourth-order valence-corrected chi connectivity index (χ4v) is 2.57. The van der Waals surface area contributed by atoms with Gasteiger partial charge in [-0.1, -0.05) is 6.07 Å². The molecule has 0 aliphatic carbocycles. The minimum absolute atomic E-state index is 0.155. The van der Waals surface area contributed by atoms with Crippen molar-refractivity contribution in [2.45, 2.75) is 13.0 Å². The number of thiophene rings is 1. The predicted molar refractivity (Wildman–Crippen MR) is 72.6 cm³/mol. The monoisotopic (exact) mass is 258 g/mol. The molecule has 0 aliphatic rings. The van der Waals surface area contributed by atoms with Gasteiger partial charge in [-0.3, -0.25) is 0 Å². The molecule has 0 saturated carbocycles. The highest BCUT2D eigenvalue weighted by molar-refractivity contribution is 7.12. The van der Waals surface area contributed by atoms with E-state index in [0.717, 1.165) is 4.88 Å². The molecule has 0 aliphatic heterocycles. The topological polar surface area (TPSA) is 59.0 Å². The molecule has 2 aromatic rings. The average Bonchev–Trinajstić information content (AvgIpc) is 2.82. The van der Waals surface area contributed by atoms with Crippen molar-refractivity contribution in [3.63, 3.8) is 0 Å². The second-order valence-electron chi connectivity index (χ2n) is 3.93. The van der Waals surface area contributed by atoms with Gasteiger partial charge in [0.25, 0.3) is 0 Å². The molecule has 1 unspecified atom stereocenters. The molecule has 0 saturated heterocycles. The van der Waals surface area contributed by atoms with E-state index in [1.165, 1.54) is 4.88 Å². The van der Waals surface area contributed by atoms with E-state index in [0.29, 0.717) is 17.9 Å². The van der Waals surface area contributed by atoms with Crippen molar-refractivity contribution in [2.75, 3.05) is 6.54 Å². The fraction of sp³-hybridized carbons (Fsp3) is 0.214. The molecule has 0 radical (unpaired) electrons. The van der Waals surface area contributed by atoms with Crippen molar-refractivity contribution >= 4 is 11.3 Å². The third kappa shape index (κ3) is 2.89. The van der Waals surface area contributed by atoms with Crippen LogP contribution in [0, 0.1) is 18.3 Å². The summed E-state index contributed by atoms with van der Waals surface area (Å²) >= 11 is 1.68. The lowest BCUT2D eigenvalue weighted by Crippen LogP contribution is -2.17. The molecule has 0 amide bonds. The Morgan fingerprint density at radius 1 is 1.39 bits per heavy atom. The predicted octanol–water partition coefficient (Wildman–Crippen LogP) is 3.01. The highest BCUT2D eigenvalue weighted by Gasteiger charge is 2.13. The van der Waals surface area contributed by atoms with E-state index in [1.807, 2.05) is 12.1 Å². The van der Waals surface area contributed by atoms with Gasteiger partial charge in [-0.2, -0.15) is 5.26 Å². The molecule has 1 aromatic heterocycles. The molecular weight excluding hydrogens is 244 g/mol. The maximum atomic E-state index is 8.85. The Kier molecular flexibility index (Phi) is 3.98. The number of hydrogen-bond donors (Lipinski definition) is 1. The summed E-state index contributed by atoms with van der Waals surface area (Å²) in [6, 6.07) is 13.3. The number of benzene rings is 1. The van der Waals surface area contributed by atoms with Crippen LogP contribution in [0.3, 0.4) is 0 Å². The van der Waals surface area contributed by atoms with Crippen LogP contribution in [-0.4, -0.2) is 6.54 Å². The number of rotatable bonds is 4. The van der Waals surface area contributed by atoms with Gasteiger partial charge in [-0.05, 0) is 37.3 Å². The van der Waals surface area contributed by atoms with E-state index in [-0.39, 0.29) is 6.10 Å². The first-order valence-corrected chi connectivity index (χ1v) is 6.48. The maximum Gasteiger partial charge on any atom is 0.145 e. The molecular formula is C14H14N2OS. The van der Waals surface area contributed by atoms with Gasteiger partial charge in [0.1, 0.15) is 11.9 Å². The quantitative estimate of drug-likeness (QED) is 0.917. The van der Waals surface area contributed by atoms with Crippen LogP contribution in [0.4, 0.5) is 0 Å². The molecule has 1 aromatic carbocycles. The average molecular weight is 258 g/mol. The molecule has 92 valence electrons. The smallest absolute Gasteiger partial charge is 0.145 e. The number of hydrogen-bond acceptors (Lipinski definition) is 4. The summed E-state index contributed by atoms with van der Waals surface area (Å²) in [6.45, 7) is 2.47. The zero-order valence-corrected chi connectivity index (χ0v) is 10.9. The van der Waals surface area contributed by atoms with Gasteiger partial charge < -0.3 is 10.5 Å². The summed E-state index contributed by atoms with van der Waals surface area (Å²) in [6.07, 6.45) is -0.155. The molecule has 0 bridgehead atoms. The highest BCUT2D eigenvalue weighted by atomic mass is 32.1. The number of nitrogens with zero attached hydrogens (tertiary/aromatic N) is 1. The molecule has 0 fully saturated rings. The summed E-state index contributed by atoms with van der Waals surface area (Å²) in [5.74, 6) is 0.676. The summed E-state index contributed by atoms with van der Waals surface area (Å²) in [4.78, 5) is 2.34. The first-order valence-electron chi connectivity index (χ1n) is 5.66. The number of nitriles is 1. The van der Waals surface area contributed by atoms with Gasteiger partial charge in [0.15, 0.2) is 0 Å². The Labute approximate surface area is 110 Å². The van der Waals surface area contributed by atoms with Crippen LogP contribution in [0.25, 0.3) is 0 Å². The number of ether oxygens (including phenoxy) is 1.